The minimum Gasteiger partial charge on any atom is -0.298 e. The van der Waals surface area contributed by atoms with Gasteiger partial charge in [0.2, 0.25) is 0 Å². The summed E-state index contributed by atoms with van der Waals surface area (Å²) in [6.45, 7) is 2.39. The van der Waals surface area contributed by atoms with Gasteiger partial charge in [-0.05, 0) is 24.1 Å². The molecule has 2 heterocycles. The molecular formula is C14H12N2O2S. The van der Waals surface area contributed by atoms with Crippen LogP contribution in [0.15, 0.2) is 29.8 Å². The van der Waals surface area contributed by atoms with Gasteiger partial charge in [0.05, 0.1) is 17.8 Å². The number of Topliss-reactive ketones (excluding diaryl/α,β-unsaturated/α-hetero) is 1. The number of amides is 1. The van der Waals surface area contributed by atoms with Gasteiger partial charge < -0.3 is 0 Å². The summed E-state index contributed by atoms with van der Waals surface area (Å²) >= 11 is 1.48. The van der Waals surface area contributed by atoms with Gasteiger partial charge in [-0.1, -0.05) is 13.0 Å². The van der Waals surface area contributed by atoms with Crippen LogP contribution in [0.5, 0.6) is 0 Å². The number of thiazole rings is 1. The molecule has 5 heteroatoms. The molecule has 0 fully saturated rings. The van der Waals surface area contributed by atoms with Crippen LogP contribution in [-0.4, -0.2) is 16.7 Å². The Labute approximate surface area is 114 Å². The maximum atomic E-state index is 12.0. The number of aromatic nitrogens is 1. The Morgan fingerprint density at radius 1 is 1.32 bits per heavy atom. The standard InChI is InChI=1S/C14H12N2O2S/c1-2-9-3-4-11-10(7-9)13(17)14(18)16(11)8-12-15-5-6-19-12/h3-7H,2,8H2,1H3. The van der Waals surface area contributed by atoms with E-state index in [1.54, 1.807) is 6.20 Å². The normalized spacial score (nSPS) is 14.1. The van der Waals surface area contributed by atoms with E-state index in [1.165, 1.54) is 16.2 Å². The molecule has 1 amide bonds. The monoisotopic (exact) mass is 272 g/mol. The average molecular weight is 272 g/mol. The van der Waals surface area contributed by atoms with Crippen LogP contribution in [0.25, 0.3) is 0 Å². The summed E-state index contributed by atoms with van der Waals surface area (Å²) in [5, 5.41) is 2.69. The SMILES string of the molecule is CCc1ccc2c(c1)C(=O)C(=O)N2Cc1nccs1. The molecule has 1 aromatic carbocycles. The summed E-state index contributed by atoms with van der Waals surface area (Å²) in [7, 11) is 0. The molecular weight excluding hydrogens is 260 g/mol. The predicted molar refractivity (Wildman–Crippen MR) is 73.5 cm³/mol. The number of hydrogen-bond acceptors (Lipinski definition) is 4. The van der Waals surface area contributed by atoms with E-state index in [-0.39, 0.29) is 0 Å². The number of fused-ring (bicyclic) bond motifs is 1. The second kappa shape index (κ2) is 4.59. The van der Waals surface area contributed by atoms with Crippen molar-refractivity contribution in [3.63, 3.8) is 0 Å². The number of carbonyl (C=O) groups is 2. The van der Waals surface area contributed by atoms with Gasteiger partial charge in [-0.3, -0.25) is 14.5 Å². The zero-order chi connectivity index (χ0) is 13.4. The number of hydrogen-bond donors (Lipinski definition) is 0. The molecule has 2 aromatic rings. The van der Waals surface area contributed by atoms with Gasteiger partial charge in [-0.25, -0.2) is 4.98 Å². The van der Waals surface area contributed by atoms with E-state index in [0.29, 0.717) is 17.8 Å². The lowest BCUT2D eigenvalue weighted by molar-refractivity contribution is -0.114. The molecule has 0 unspecified atom stereocenters. The highest BCUT2D eigenvalue weighted by Gasteiger charge is 2.36. The van der Waals surface area contributed by atoms with Crippen molar-refractivity contribution in [1.82, 2.24) is 4.98 Å². The first-order valence-electron chi connectivity index (χ1n) is 6.08. The van der Waals surface area contributed by atoms with E-state index in [2.05, 4.69) is 4.98 Å². The lowest BCUT2D eigenvalue weighted by Crippen LogP contribution is -2.29. The highest BCUT2D eigenvalue weighted by molar-refractivity contribution is 7.09. The number of aryl methyl sites for hydroxylation is 1. The summed E-state index contributed by atoms with van der Waals surface area (Å²) in [5.41, 5.74) is 2.28. The van der Waals surface area contributed by atoms with Crippen molar-refractivity contribution < 1.29 is 9.59 Å². The average Bonchev–Trinajstić information content (AvgIpc) is 3.02. The molecule has 0 saturated carbocycles. The van der Waals surface area contributed by atoms with Gasteiger partial charge in [0, 0.05) is 11.6 Å². The Morgan fingerprint density at radius 2 is 2.16 bits per heavy atom. The highest BCUT2D eigenvalue weighted by atomic mass is 32.1. The second-order valence-corrected chi connectivity index (χ2v) is 5.33. The third-order valence-electron chi connectivity index (χ3n) is 3.22. The van der Waals surface area contributed by atoms with Crippen LogP contribution in [0.2, 0.25) is 0 Å². The molecule has 0 bridgehead atoms. The first-order chi connectivity index (χ1) is 9.20. The molecule has 4 nitrogen and oxygen atoms in total. The zero-order valence-corrected chi connectivity index (χ0v) is 11.2. The van der Waals surface area contributed by atoms with Crippen LogP contribution < -0.4 is 4.90 Å². The maximum Gasteiger partial charge on any atom is 0.299 e. The number of benzene rings is 1. The molecule has 0 spiro atoms. The largest absolute Gasteiger partial charge is 0.299 e. The van der Waals surface area contributed by atoms with Crippen molar-refractivity contribution in [3.8, 4) is 0 Å². The molecule has 1 aliphatic heterocycles. The lowest BCUT2D eigenvalue weighted by atomic mass is 10.1. The smallest absolute Gasteiger partial charge is 0.298 e. The molecule has 0 saturated heterocycles. The molecule has 0 aliphatic carbocycles. The van der Waals surface area contributed by atoms with Crippen LogP contribution in [-0.2, 0) is 17.8 Å². The number of nitrogens with zero attached hydrogens (tertiary/aromatic N) is 2. The minimum atomic E-state index is -0.460. The third-order valence-corrected chi connectivity index (χ3v) is 3.99. The lowest BCUT2D eigenvalue weighted by Gasteiger charge is -2.14. The summed E-state index contributed by atoms with van der Waals surface area (Å²) in [6, 6.07) is 5.63. The summed E-state index contributed by atoms with van der Waals surface area (Å²) in [4.78, 5) is 29.7. The van der Waals surface area contributed by atoms with Gasteiger partial charge in [0.1, 0.15) is 5.01 Å². The zero-order valence-electron chi connectivity index (χ0n) is 10.4. The van der Waals surface area contributed by atoms with Crippen molar-refractivity contribution in [3.05, 3.63) is 45.9 Å². The van der Waals surface area contributed by atoms with Crippen molar-refractivity contribution >= 4 is 28.7 Å². The molecule has 0 N–H and O–H groups in total. The van der Waals surface area contributed by atoms with E-state index in [0.717, 1.165) is 17.0 Å². The topological polar surface area (TPSA) is 50.3 Å². The molecule has 3 rings (SSSR count). The van der Waals surface area contributed by atoms with Crippen LogP contribution in [0, 0.1) is 0 Å². The quantitative estimate of drug-likeness (QED) is 0.806. The number of anilines is 1. The number of carbonyl (C=O) groups excluding carboxylic acids is 2. The van der Waals surface area contributed by atoms with Crippen molar-refractivity contribution in [2.45, 2.75) is 19.9 Å². The first kappa shape index (κ1) is 12.0. The van der Waals surface area contributed by atoms with Crippen molar-refractivity contribution in [2.24, 2.45) is 0 Å². The second-order valence-electron chi connectivity index (χ2n) is 4.35. The Morgan fingerprint density at radius 3 is 2.84 bits per heavy atom. The van der Waals surface area contributed by atoms with E-state index in [1.807, 2.05) is 30.5 Å². The minimum absolute atomic E-state index is 0.362. The molecule has 0 atom stereocenters. The van der Waals surface area contributed by atoms with Crippen LogP contribution >= 0.6 is 11.3 Å². The van der Waals surface area contributed by atoms with Gasteiger partial charge in [0.15, 0.2) is 0 Å². The van der Waals surface area contributed by atoms with E-state index >= 15 is 0 Å². The van der Waals surface area contributed by atoms with Gasteiger partial charge >= 0.3 is 0 Å². The van der Waals surface area contributed by atoms with Crippen molar-refractivity contribution in [1.29, 1.82) is 0 Å². The summed E-state index contributed by atoms with van der Waals surface area (Å²) in [5.74, 6) is -0.875. The maximum absolute atomic E-state index is 12.0. The molecule has 1 aliphatic rings. The van der Waals surface area contributed by atoms with Crippen LogP contribution in [0.4, 0.5) is 5.69 Å². The summed E-state index contributed by atoms with van der Waals surface area (Å²) < 4.78 is 0. The fraction of sp³-hybridized carbons (Fsp3) is 0.214. The van der Waals surface area contributed by atoms with E-state index in [9.17, 15) is 9.59 Å². The predicted octanol–water partition coefficient (Wildman–Crippen LogP) is 2.44. The van der Waals surface area contributed by atoms with E-state index in [4.69, 9.17) is 0 Å². The Kier molecular flexibility index (Phi) is 2.91. The number of ketones is 1. The Hall–Kier alpha value is -2.01. The molecule has 19 heavy (non-hydrogen) atoms. The Bertz CT molecular complexity index is 649. The van der Waals surface area contributed by atoms with Crippen LogP contribution in [0.3, 0.4) is 0 Å². The first-order valence-corrected chi connectivity index (χ1v) is 6.96. The fourth-order valence-electron chi connectivity index (χ4n) is 2.19. The van der Waals surface area contributed by atoms with Gasteiger partial charge in [-0.15, -0.1) is 11.3 Å². The van der Waals surface area contributed by atoms with Crippen LogP contribution in [0.1, 0.15) is 27.9 Å². The van der Waals surface area contributed by atoms with Crippen molar-refractivity contribution in [2.75, 3.05) is 4.90 Å². The highest BCUT2D eigenvalue weighted by Crippen LogP contribution is 2.31. The summed E-state index contributed by atoms with van der Waals surface area (Å²) in [6.07, 6.45) is 2.55. The third kappa shape index (κ3) is 1.96. The number of rotatable bonds is 3. The fourth-order valence-corrected chi connectivity index (χ4v) is 2.79. The molecule has 96 valence electrons. The molecule has 1 aromatic heterocycles. The Balaban J connectivity index is 2.00. The van der Waals surface area contributed by atoms with Gasteiger partial charge in [0.25, 0.3) is 11.7 Å². The molecule has 0 radical (unpaired) electrons. The van der Waals surface area contributed by atoms with E-state index < -0.39 is 11.7 Å². The van der Waals surface area contributed by atoms with Gasteiger partial charge in [-0.2, -0.15) is 0 Å².